The second-order valence-electron chi connectivity index (χ2n) is 7.57. The van der Waals surface area contributed by atoms with E-state index < -0.39 is 23.9 Å². The van der Waals surface area contributed by atoms with Gasteiger partial charge in [0, 0.05) is 12.1 Å². The summed E-state index contributed by atoms with van der Waals surface area (Å²) < 4.78 is 4.91. The largest absolute Gasteiger partial charge is 0.481 e. The van der Waals surface area contributed by atoms with Crippen molar-refractivity contribution in [3.05, 3.63) is 65.7 Å². The Morgan fingerprint density at radius 3 is 2.47 bits per heavy atom. The van der Waals surface area contributed by atoms with Crippen LogP contribution in [0.25, 0.3) is 0 Å². The maximum Gasteiger partial charge on any atom is 0.328 e. The monoisotopic (exact) mass is 409 g/mol. The zero-order valence-electron chi connectivity index (χ0n) is 17.1. The number of aryl methyl sites for hydroxylation is 2. The minimum absolute atomic E-state index is 0.0631. The van der Waals surface area contributed by atoms with Crippen LogP contribution in [0.2, 0.25) is 0 Å². The number of benzene rings is 2. The fourth-order valence-corrected chi connectivity index (χ4v) is 4.01. The lowest BCUT2D eigenvalue weighted by Crippen LogP contribution is -2.48. The number of fused-ring (bicyclic) bond motifs is 1. The Morgan fingerprint density at radius 2 is 1.77 bits per heavy atom. The Balaban J connectivity index is 1.70. The number of carboxylic acids is 1. The predicted octanol–water partition coefficient (Wildman–Crippen LogP) is 3.62. The fraction of sp³-hybridized carbons (Fsp3) is 0.375. The van der Waals surface area contributed by atoms with Gasteiger partial charge >= 0.3 is 11.9 Å². The molecule has 2 aromatic rings. The second kappa shape index (κ2) is 10.1. The Kier molecular flexibility index (Phi) is 7.22. The van der Waals surface area contributed by atoms with E-state index in [0.717, 1.165) is 11.1 Å². The second-order valence-corrected chi connectivity index (χ2v) is 7.57. The van der Waals surface area contributed by atoms with E-state index in [4.69, 9.17) is 4.74 Å². The summed E-state index contributed by atoms with van der Waals surface area (Å²) >= 11 is 0. The van der Waals surface area contributed by atoms with Gasteiger partial charge in [0.2, 0.25) is 5.91 Å². The summed E-state index contributed by atoms with van der Waals surface area (Å²) in [4.78, 5) is 38.6. The molecule has 6 nitrogen and oxygen atoms in total. The van der Waals surface area contributed by atoms with Crippen LogP contribution in [0.15, 0.2) is 54.6 Å². The molecule has 0 saturated carbocycles. The minimum Gasteiger partial charge on any atom is -0.481 e. The average Bonchev–Trinajstić information content (AvgIpc) is 2.78. The number of amides is 1. The zero-order chi connectivity index (χ0) is 21.5. The number of ether oxygens (including phenoxy) is 1. The molecule has 3 rings (SSSR count). The van der Waals surface area contributed by atoms with Crippen LogP contribution < -0.4 is 4.90 Å². The molecule has 0 saturated heterocycles. The Labute approximate surface area is 176 Å². The molecule has 0 aromatic heterocycles. The molecular formula is C24H27NO5. The summed E-state index contributed by atoms with van der Waals surface area (Å²) in [5, 5.41) is 9.61. The average molecular weight is 409 g/mol. The van der Waals surface area contributed by atoms with Crippen LogP contribution in [-0.2, 0) is 32.0 Å². The topological polar surface area (TPSA) is 83.9 Å². The number of anilines is 1. The SMILES string of the molecule is COC(=O)C1CCc2ccccc2N1C(=O)CCC(CCc1ccccc1)C(=O)O. The van der Waals surface area contributed by atoms with E-state index in [9.17, 15) is 19.5 Å². The number of aliphatic carboxylic acids is 1. The van der Waals surface area contributed by atoms with Gasteiger partial charge < -0.3 is 9.84 Å². The van der Waals surface area contributed by atoms with Crippen LogP contribution in [0.3, 0.4) is 0 Å². The molecule has 1 heterocycles. The minimum atomic E-state index is -0.901. The lowest BCUT2D eigenvalue weighted by atomic mass is 9.92. The van der Waals surface area contributed by atoms with Crippen molar-refractivity contribution < 1.29 is 24.2 Å². The van der Waals surface area contributed by atoms with Gasteiger partial charge in [0.15, 0.2) is 0 Å². The summed E-state index contributed by atoms with van der Waals surface area (Å²) in [6.07, 6.45) is 2.58. The summed E-state index contributed by atoms with van der Waals surface area (Å²) in [6, 6.07) is 16.5. The Bertz CT molecular complexity index is 895. The molecule has 1 amide bonds. The van der Waals surface area contributed by atoms with Crippen molar-refractivity contribution >= 4 is 23.5 Å². The third-order valence-corrected chi connectivity index (χ3v) is 5.67. The highest BCUT2D eigenvalue weighted by molar-refractivity contribution is 6.00. The van der Waals surface area contributed by atoms with Crippen LogP contribution in [0.1, 0.15) is 36.8 Å². The first kappa shape index (κ1) is 21.6. The van der Waals surface area contributed by atoms with E-state index in [1.165, 1.54) is 12.0 Å². The summed E-state index contributed by atoms with van der Waals surface area (Å²) in [7, 11) is 1.32. The number of carbonyl (C=O) groups is 3. The van der Waals surface area contributed by atoms with Gasteiger partial charge in [0.25, 0.3) is 0 Å². The molecule has 2 atom stereocenters. The first-order valence-corrected chi connectivity index (χ1v) is 10.3. The van der Waals surface area contributed by atoms with Crippen molar-refractivity contribution in [2.24, 2.45) is 5.92 Å². The summed E-state index contributed by atoms with van der Waals surface area (Å²) in [5.41, 5.74) is 2.79. The van der Waals surface area contributed by atoms with Crippen LogP contribution in [-0.4, -0.2) is 36.1 Å². The van der Waals surface area contributed by atoms with Crippen molar-refractivity contribution in [2.45, 2.75) is 44.6 Å². The van der Waals surface area contributed by atoms with Gasteiger partial charge in [-0.3, -0.25) is 14.5 Å². The maximum atomic E-state index is 13.1. The Hall–Kier alpha value is -3.15. The highest BCUT2D eigenvalue weighted by Gasteiger charge is 2.36. The third-order valence-electron chi connectivity index (χ3n) is 5.67. The van der Waals surface area contributed by atoms with E-state index >= 15 is 0 Å². The molecule has 1 aliphatic heterocycles. The van der Waals surface area contributed by atoms with Gasteiger partial charge in [-0.1, -0.05) is 48.5 Å². The highest BCUT2D eigenvalue weighted by atomic mass is 16.5. The standard InChI is InChI=1S/C24H27NO5/c1-30-24(29)21-15-13-18-9-5-6-10-20(18)25(21)22(26)16-14-19(23(27)28)12-11-17-7-3-2-4-8-17/h2-10,19,21H,11-16H2,1H3,(H,27,28). The van der Waals surface area contributed by atoms with Crippen LogP contribution in [0.5, 0.6) is 0 Å². The molecule has 2 unspecified atom stereocenters. The first-order chi connectivity index (χ1) is 14.5. The van der Waals surface area contributed by atoms with Crippen LogP contribution in [0, 0.1) is 5.92 Å². The van der Waals surface area contributed by atoms with Crippen molar-refractivity contribution in [3.8, 4) is 0 Å². The molecule has 1 N–H and O–H groups in total. The third kappa shape index (κ3) is 5.06. The number of esters is 1. The molecule has 158 valence electrons. The van der Waals surface area contributed by atoms with Gasteiger partial charge in [-0.15, -0.1) is 0 Å². The van der Waals surface area contributed by atoms with Crippen molar-refractivity contribution in [2.75, 3.05) is 12.0 Å². The van der Waals surface area contributed by atoms with E-state index in [0.29, 0.717) is 31.4 Å². The molecule has 2 aromatic carbocycles. The molecule has 0 aliphatic carbocycles. The number of methoxy groups -OCH3 is 1. The van der Waals surface area contributed by atoms with Crippen LogP contribution >= 0.6 is 0 Å². The number of para-hydroxylation sites is 1. The Morgan fingerprint density at radius 1 is 1.07 bits per heavy atom. The number of hydrogen-bond acceptors (Lipinski definition) is 4. The fourth-order valence-electron chi connectivity index (χ4n) is 4.01. The molecular weight excluding hydrogens is 382 g/mol. The number of rotatable bonds is 8. The summed E-state index contributed by atoms with van der Waals surface area (Å²) in [6.45, 7) is 0. The molecule has 0 bridgehead atoms. The van der Waals surface area contributed by atoms with Gasteiger partial charge in [0.05, 0.1) is 13.0 Å². The first-order valence-electron chi connectivity index (χ1n) is 10.3. The van der Waals surface area contributed by atoms with Gasteiger partial charge in [-0.05, 0) is 49.3 Å². The van der Waals surface area contributed by atoms with Crippen molar-refractivity contribution in [3.63, 3.8) is 0 Å². The molecule has 1 aliphatic rings. The molecule has 0 spiro atoms. The maximum absolute atomic E-state index is 13.1. The number of carboxylic acid groups (broad SMARTS) is 1. The lowest BCUT2D eigenvalue weighted by Gasteiger charge is -2.35. The van der Waals surface area contributed by atoms with Crippen molar-refractivity contribution in [1.82, 2.24) is 0 Å². The molecule has 0 fully saturated rings. The summed E-state index contributed by atoms with van der Waals surface area (Å²) in [5.74, 6) is -2.21. The lowest BCUT2D eigenvalue weighted by molar-refractivity contribution is -0.144. The van der Waals surface area contributed by atoms with Crippen molar-refractivity contribution in [1.29, 1.82) is 0 Å². The molecule has 6 heteroatoms. The van der Waals surface area contributed by atoms with Crippen LogP contribution in [0.4, 0.5) is 5.69 Å². The molecule has 30 heavy (non-hydrogen) atoms. The quantitative estimate of drug-likeness (QED) is 0.673. The predicted molar refractivity (Wildman–Crippen MR) is 113 cm³/mol. The number of carbonyl (C=O) groups excluding carboxylic acids is 2. The zero-order valence-corrected chi connectivity index (χ0v) is 17.1. The van der Waals surface area contributed by atoms with Gasteiger partial charge in [-0.2, -0.15) is 0 Å². The normalized spacial score (nSPS) is 16.4. The highest BCUT2D eigenvalue weighted by Crippen LogP contribution is 2.32. The van der Waals surface area contributed by atoms with Gasteiger partial charge in [0.1, 0.15) is 6.04 Å². The smallest absolute Gasteiger partial charge is 0.328 e. The number of hydrogen-bond donors (Lipinski definition) is 1. The van der Waals surface area contributed by atoms with E-state index in [1.54, 1.807) is 0 Å². The van der Waals surface area contributed by atoms with E-state index in [-0.39, 0.29) is 18.7 Å². The molecule has 0 radical (unpaired) electrons. The number of nitrogens with zero attached hydrogens (tertiary/aromatic N) is 1. The van der Waals surface area contributed by atoms with E-state index in [1.807, 2.05) is 54.6 Å². The van der Waals surface area contributed by atoms with E-state index in [2.05, 4.69) is 0 Å². The van der Waals surface area contributed by atoms with Gasteiger partial charge in [-0.25, -0.2) is 4.79 Å².